The van der Waals surface area contributed by atoms with E-state index in [1.54, 1.807) is 42.6 Å². The molecule has 0 radical (unpaired) electrons. The molecule has 0 aliphatic heterocycles. The number of nitrogens with one attached hydrogen (secondary N) is 1. The summed E-state index contributed by atoms with van der Waals surface area (Å²) in [5, 5.41) is 2.53. The van der Waals surface area contributed by atoms with Gasteiger partial charge in [0, 0.05) is 10.7 Å². The maximum Gasteiger partial charge on any atom is 0.418 e. The number of nitrogens with zero attached hydrogens (tertiary/aromatic N) is 1. The molecule has 0 bridgehead atoms. The van der Waals surface area contributed by atoms with Crippen molar-refractivity contribution in [1.29, 1.82) is 0 Å². The number of benzene rings is 1. The molecule has 0 spiro atoms. The van der Waals surface area contributed by atoms with Crippen molar-refractivity contribution in [3.63, 3.8) is 0 Å². The SMILES string of the molecule is O=C(Nc1cc(Br)ccn1)Oc1ccccc1. The third-order valence-corrected chi connectivity index (χ3v) is 2.40. The van der Waals surface area contributed by atoms with E-state index in [4.69, 9.17) is 4.74 Å². The number of hydrogen-bond donors (Lipinski definition) is 1. The zero-order valence-corrected chi connectivity index (χ0v) is 10.3. The molecule has 0 unspecified atom stereocenters. The van der Waals surface area contributed by atoms with Gasteiger partial charge in [-0.15, -0.1) is 0 Å². The fourth-order valence-electron chi connectivity index (χ4n) is 1.20. The number of carbonyl (C=O) groups is 1. The average molecular weight is 293 g/mol. The molecule has 0 atom stereocenters. The number of carbonyl (C=O) groups excluding carboxylic acids is 1. The highest BCUT2D eigenvalue weighted by Crippen LogP contribution is 2.14. The van der Waals surface area contributed by atoms with Gasteiger partial charge in [-0.2, -0.15) is 0 Å². The molecule has 1 N–H and O–H groups in total. The van der Waals surface area contributed by atoms with Gasteiger partial charge in [-0.3, -0.25) is 5.32 Å². The Morgan fingerprint density at radius 3 is 2.71 bits per heavy atom. The minimum Gasteiger partial charge on any atom is -0.410 e. The second-order valence-electron chi connectivity index (χ2n) is 3.19. The van der Waals surface area contributed by atoms with Gasteiger partial charge >= 0.3 is 6.09 Å². The summed E-state index contributed by atoms with van der Waals surface area (Å²) in [5.74, 6) is 0.917. The molecule has 2 aromatic rings. The third kappa shape index (κ3) is 3.57. The Balaban J connectivity index is 1.98. The Morgan fingerprint density at radius 1 is 1.24 bits per heavy atom. The van der Waals surface area contributed by atoms with E-state index in [-0.39, 0.29) is 0 Å². The first-order valence-corrected chi connectivity index (χ1v) is 5.69. The van der Waals surface area contributed by atoms with Crippen LogP contribution in [0.1, 0.15) is 0 Å². The first-order valence-electron chi connectivity index (χ1n) is 4.89. The topological polar surface area (TPSA) is 51.2 Å². The Morgan fingerprint density at radius 2 is 2.00 bits per heavy atom. The summed E-state index contributed by atoms with van der Waals surface area (Å²) in [6.45, 7) is 0. The summed E-state index contributed by atoms with van der Waals surface area (Å²) in [7, 11) is 0. The Labute approximate surface area is 107 Å². The summed E-state index contributed by atoms with van der Waals surface area (Å²) < 4.78 is 5.89. The molecule has 0 aliphatic carbocycles. The van der Waals surface area contributed by atoms with E-state index in [1.807, 2.05) is 6.07 Å². The first-order chi connectivity index (χ1) is 8.24. The second-order valence-corrected chi connectivity index (χ2v) is 4.10. The van der Waals surface area contributed by atoms with Gasteiger partial charge in [0.05, 0.1) is 0 Å². The van der Waals surface area contributed by atoms with Crippen LogP contribution in [0.25, 0.3) is 0 Å². The summed E-state index contributed by atoms with van der Waals surface area (Å²) in [6.07, 6.45) is 1.02. The highest BCUT2D eigenvalue weighted by molar-refractivity contribution is 9.10. The predicted molar refractivity (Wildman–Crippen MR) is 68.0 cm³/mol. The molecule has 5 heteroatoms. The largest absolute Gasteiger partial charge is 0.418 e. The number of anilines is 1. The quantitative estimate of drug-likeness (QED) is 0.922. The van der Waals surface area contributed by atoms with E-state index in [1.165, 1.54) is 0 Å². The van der Waals surface area contributed by atoms with Crippen molar-refractivity contribution >= 4 is 27.8 Å². The molecule has 17 heavy (non-hydrogen) atoms. The van der Waals surface area contributed by atoms with Crippen LogP contribution in [0.15, 0.2) is 53.1 Å². The van der Waals surface area contributed by atoms with Crippen LogP contribution in [0.2, 0.25) is 0 Å². The fraction of sp³-hybridized carbons (Fsp3) is 0. The van der Waals surface area contributed by atoms with Crippen LogP contribution < -0.4 is 10.1 Å². The molecule has 0 fully saturated rings. The molecule has 1 aromatic carbocycles. The van der Waals surface area contributed by atoms with Crippen molar-refractivity contribution in [2.45, 2.75) is 0 Å². The lowest BCUT2D eigenvalue weighted by molar-refractivity contribution is 0.215. The van der Waals surface area contributed by atoms with E-state index in [9.17, 15) is 4.79 Å². The smallest absolute Gasteiger partial charge is 0.410 e. The lowest BCUT2D eigenvalue weighted by Gasteiger charge is -2.05. The van der Waals surface area contributed by atoms with Gasteiger partial charge in [-0.1, -0.05) is 34.1 Å². The molecule has 1 heterocycles. The van der Waals surface area contributed by atoms with Gasteiger partial charge in [0.2, 0.25) is 0 Å². The summed E-state index contributed by atoms with van der Waals surface area (Å²) in [5.41, 5.74) is 0. The number of hydrogen-bond acceptors (Lipinski definition) is 3. The number of aromatic nitrogens is 1. The molecule has 0 saturated heterocycles. The number of pyridine rings is 1. The minimum absolute atomic E-state index is 0.431. The maximum absolute atomic E-state index is 11.5. The van der Waals surface area contributed by atoms with Crippen molar-refractivity contribution in [3.8, 4) is 5.75 Å². The second kappa shape index (κ2) is 5.45. The van der Waals surface area contributed by atoms with E-state index in [2.05, 4.69) is 26.2 Å². The van der Waals surface area contributed by atoms with Crippen molar-refractivity contribution in [1.82, 2.24) is 4.98 Å². The predicted octanol–water partition coefficient (Wildman–Crippen LogP) is 3.46. The van der Waals surface area contributed by atoms with Crippen molar-refractivity contribution in [3.05, 3.63) is 53.1 Å². The molecule has 4 nitrogen and oxygen atoms in total. The summed E-state index contributed by atoms with van der Waals surface area (Å²) >= 11 is 3.29. The number of ether oxygens (including phenoxy) is 1. The highest BCUT2D eigenvalue weighted by Gasteiger charge is 2.05. The molecule has 2 rings (SSSR count). The number of para-hydroxylation sites is 1. The Bertz CT molecular complexity index is 517. The van der Waals surface area contributed by atoms with Crippen LogP contribution >= 0.6 is 15.9 Å². The Hall–Kier alpha value is -1.88. The number of halogens is 1. The van der Waals surface area contributed by atoms with Gasteiger partial charge in [-0.25, -0.2) is 9.78 Å². The van der Waals surface area contributed by atoms with Crippen molar-refractivity contribution < 1.29 is 9.53 Å². The average Bonchev–Trinajstić information content (AvgIpc) is 2.30. The standard InChI is InChI=1S/C12H9BrN2O2/c13-9-6-7-14-11(8-9)15-12(16)17-10-4-2-1-3-5-10/h1-8H,(H,14,15,16). The zero-order chi connectivity index (χ0) is 12.1. The van der Waals surface area contributed by atoms with Crippen LogP contribution in [-0.2, 0) is 0 Å². The molecule has 0 saturated carbocycles. The fourth-order valence-corrected chi connectivity index (χ4v) is 1.53. The lowest BCUT2D eigenvalue weighted by Crippen LogP contribution is -2.17. The first kappa shape index (κ1) is 11.6. The molecule has 1 aromatic heterocycles. The monoisotopic (exact) mass is 292 g/mol. The normalized spacial score (nSPS) is 9.71. The van der Waals surface area contributed by atoms with Crippen LogP contribution in [-0.4, -0.2) is 11.1 Å². The molecule has 0 aliphatic rings. The van der Waals surface area contributed by atoms with E-state index < -0.39 is 6.09 Å². The Kier molecular flexibility index (Phi) is 3.72. The van der Waals surface area contributed by atoms with Gasteiger partial charge in [0.1, 0.15) is 11.6 Å². The van der Waals surface area contributed by atoms with Crippen molar-refractivity contribution in [2.24, 2.45) is 0 Å². The van der Waals surface area contributed by atoms with Gasteiger partial charge in [0.15, 0.2) is 0 Å². The van der Waals surface area contributed by atoms with Gasteiger partial charge in [-0.05, 0) is 24.3 Å². The summed E-state index contributed by atoms with van der Waals surface area (Å²) in [4.78, 5) is 15.5. The lowest BCUT2D eigenvalue weighted by atomic mass is 10.3. The molecule has 1 amide bonds. The van der Waals surface area contributed by atoms with Crippen LogP contribution in [0, 0.1) is 0 Å². The molecule has 86 valence electrons. The minimum atomic E-state index is -0.568. The van der Waals surface area contributed by atoms with Crippen LogP contribution in [0.5, 0.6) is 5.75 Å². The number of amides is 1. The molecular formula is C12H9BrN2O2. The highest BCUT2D eigenvalue weighted by atomic mass is 79.9. The van der Waals surface area contributed by atoms with E-state index >= 15 is 0 Å². The van der Waals surface area contributed by atoms with E-state index in [0.29, 0.717) is 11.6 Å². The zero-order valence-electron chi connectivity index (χ0n) is 8.76. The molecular weight excluding hydrogens is 284 g/mol. The van der Waals surface area contributed by atoms with Crippen LogP contribution in [0.3, 0.4) is 0 Å². The van der Waals surface area contributed by atoms with Crippen LogP contribution in [0.4, 0.5) is 10.6 Å². The van der Waals surface area contributed by atoms with Gasteiger partial charge in [0.25, 0.3) is 0 Å². The van der Waals surface area contributed by atoms with Crippen molar-refractivity contribution in [2.75, 3.05) is 5.32 Å². The van der Waals surface area contributed by atoms with Gasteiger partial charge < -0.3 is 4.74 Å². The third-order valence-electron chi connectivity index (χ3n) is 1.91. The maximum atomic E-state index is 11.5. The number of rotatable bonds is 2. The summed E-state index contributed by atoms with van der Waals surface area (Å²) in [6, 6.07) is 12.3. The van der Waals surface area contributed by atoms with E-state index in [0.717, 1.165) is 4.47 Å².